The van der Waals surface area contributed by atoms with Crippen molar-refractivity contribution < 1.29 is 9.47 Å². The molecule has 3 saturated heterocycles. The lowest BCUT2D eigenvalue weighted by atomic mass is 9.64. The highest BCUT2D eigenvalue weighted by Gasteiger charge is 2.61. The molecule has 0 amide bonds. The molecule has 3 nitrogen and oxygen atoms in total. The molecule has 0 radical (unpaired) electrons. The first-order valence-electron chi connectivity index (χ1n) is 21.5. The van der Waals surface area contributed by atoms with Crippen LogP contribution in [-0.4, -0.2) is 57.9 Å². The van der Waals surface area contributed by atoms with Gasteiger partial charge in [-0.15, -0.1) is 0 Å². The molecule has 10 fully saturated rings. The molecule has 0 aromatic heterocycles. The number of nitrogens with zero attached hydrogens (tertiary/aromatic N) is 1. The molecule has 4 heteroatoms. The third kappa shape index (κ3) is 5.36. The monoisotopic (exact) mass is 649 g/mol. The van der Waals surface area contributed by atoms with Crippen molar-refractivity contribution in [1.29, 1.82) is 0 Å². The summed E-state index contributed by atoms with van der Waals surface area (Å²) >= 11 is 2.44. The largest absolute Gasteiger partial charge is 0.374 e. The Kier molecular flexibility index (Phi) is 8.82. The molecule has 3 aliphatic heterocycles. The molecular weight excluding hydrogens is 583 g/mol. The van der Waals surface area contributed by atoms with Crippen LogP contribution in [-0.2, 0) is 9.47 Å². The molecule has 46 heavy (non-hydrogen) atoms. The van der Waals surface area contributed by atoms with Gasteiger partial charge >= 0.3 is 0 Å². The number of rotatable bonds is 4. The smallest absolute Gasteiger partial charge is 0.0766 e. The Labute approximate surface area is 286 Å². The zero-order valence-electron chi connectivity index (χ0n) is 29.2. The van der Waals surface area contributed by atoms with E-state index in [1.807, 2.05) is 0 Å². The topological polar surface area (TPSA) is 21.7 Å². The Morgan fingerprint density at radius 1 is 0.413 bits per heavy atom. The zero-order valence-corrected chi connectivity index (χ0v) is 30.0. The second-order valence-electron chi connectivity index (χ2n) is 18.9. The number of ether oxygens (including phenoxy) is 2. The van der Waals surface area contributed by atoms with Crippen LogP contribution in [0.15, 0.2) is 0 Å². The molecule has 0 aromatic carbocycles. The van der Waals surface area contributed by atoms with E-state index < -0.39 is 0 Å². The van der Waals surface area contributed by atoms with E-state index in [1.54, 1.807) is 12.8 Å². The van der Waals surface area contributed by atoms with Gasteiger partial charge in [0.1, 0.15) is 0 Å². The van der Waals surface area contributed by atoms with E-state index in [4.69, 9.17) is 9.47 Å². The summed E-state index contributed by atoms with van der Waals surface area (Å²) in [5.74, 6) is 7.39. The summed E-state index contributed by atoms with van der Waals surface area (Å²) in [6.07, 6.45) is 39.1. The van der Waals surface area contributed by atoms with Crippen molar-refractivity contribution in [2.75, 3.05) is 0 Å². The fourth-order valence-corrected chi connectivity index (χ4v) is 17.3. The van der Waals surface area contributed by atoms with Crippen molar-refractivity contribution in [2.24, 2.45) is 47.3 Å². The first kappa shape index (κ1) is 31.0. The van der Waals surface area contributed by atoms with E-state index in [2.05, 4.69) is 16.7 Å². The van der Waals surface area contributed by atoms with Crippen LogP contribution in [0.1, 0.15) is 161 Å². The van der Waals surface area contributed by atoms with Gasteiger partial charge in [0.2, 0.25) is 0 Å². The molecule has 14 unspecified atom stereocenters. The van der Waals surface area contributed by atoms with E-state index in [0.717, 1.165) is 69.9 Å². The fraction of sp³-hybridized carbons (Fsp3) is 1.00. The van der Waals surface area contributed by atoms with Gasteiger partial charge in [0.25, 0.3) is 0 Å². The molecular formula is C42H67NO2S. The van der Waals surface area contributed by atoms with Gasteiger partial charge in [-0.1, -0.05) is 64.2 Å². The van der Waals surface area contributed by atoms with Crippen LogP contribution >= 0.6 is 11.8 Å². The normalized spacial score (nSPS) is 53.9. The summed E-state index contributed by atoms with van der Waals surface area (Å²) in [5, 5.41) is 1.88. The van der Waals surface area contributed by atoms with Crippen LogP contribution in [0.5, 0.6) is 0 Å². The minimum Gasteiger partial charge on any atom is -0.374 e. The van der Waals surface area contributed by atoms with Crippen molar-refractivity contribution in [2.45, 2.75) is 214 Å². The highest BCUT2D eigenvalue weighted by Crippen LogP contribution is 2.61. The summed E-state index contributed by atoms with van der Waals surface area (Å²) in [5.41, 5.74) is 0. The minimum atomic E-state index is 0.534. The highest BCUT2D eigenvalue weighted by molar-refractivity contribution is 8.00. The van der Waals surface area contributed by atoms with E-state index in [0.29, 0.717) is 30.5 Å². The van der Waals surface area contributed by atoms with Crippen molar-refractivity contribution in [3.63, 3.8) is 0 Å². The number of fused-ring (bicyclic) bond motifs is 10. The summed E-state index contributed by atoms with van der Waals surface area (Å²) in [4.78, 5) is 3.31. The first-order chi connectivity index (χ1) is 22.8. The van der Waals surface area contributed by atoms with Crippen LogP contribution in [0.4, 0.5) is 0 Å². The van der Waals surface area contributed by atoms with Crippen molar-refractivity contribution in [3.8, 4) is 0 Å². The summed E-state index contributed by atoms with van der Waals surface area (Å²) < 4.78 is 14.6. The predicted octanol–water partition coefficient (Wildman–Crippen LogP) is 10.2. The summed E-state index contributed by atoms with van der Waals surface area (Å²) in [6.45, 7) is 0. The molecule has 7 aliphatic carbocycles. The maximum absolute atomic E-state index is 7.72. The molecule has 258 valence electrons. The van der Waals surface area contributed by atoms with Gasteiger partial charge < -0.3 is 9.47 Å². The summed E-state index contributed by atoms with van der Waals surface area (Å²) in [6, 6.07) is 2.30. The average molecular weight is 650 g/mol. The Balaban J connectivity index is 0.919. The first-order valence-corrected chi connectivity index (χ1v) is 22.5. The van der Waals surface area contributed by atoms with Gasteiger partial charge in [0.15, 0.2) is 0 Å². The number of hydrogen-bond donors (Lipinski definition) is 0. The molecule has 10 aliphatic rings. The number of thioether (sulfide) groups is 1. The standard InChI is InChI=1S/C42H67NO2S/c1-2-9-26(10-3-1)27-17-19-28(20-18-27)43(29-21-23-37-34(25-29)30-11-4-6-15-36(30)44-37)35-14-8-13-31-32-22-24-39-40(42(32)45-41(31)35)33-12-5-7-16-38(33)46-39/h26-42H,1-25H2. The minimum absolute atomic E-state index is 0.534. The molecule has 14 atom stereocenters. The third-order valence-electron chi connectivity index (χ3n) is 17.1. The van der Waals surface area contributed by atoms with Crippen molar-refractivity contribution in [1.82, 2.24) is 4.90 Å². The molecule has 0 aromatic rings. The van der Waals surface area contributed by atoms with Crippen LogP contribution < -0.4 is 0 Å². The Bertz CT molecular complexity index is 1050. The third-order valence-corrected chi connectivity index (χ3v) is 18.9. The van der Waals surface area contributed by atoms with Gasteiger partial charge in [-0.25, -0.2) is 0 Å². The van der Waals surface area contributed by atoms with Gasteiger partial charge in [-0.3, -0.25) is 4.90 Å². The maximum Gasteiger partial charge on any atom is 0.0766 e. The van der Waals surface area contributed by atoms with E-state index in [9.17, 15) is 0 Å². The lowest BCUT2D eigenvalue weighted by molar-refractivity contribution is -0.103. The second kappa shape index (κ2) is 13.1. The zero-order chi connectivity index (χ0) is 30.2. The summed E-state index contributed by atoms with van der Waals surface area (Å²) in [7, 11) is 0. The van der Waals surface area contributed by atoms with Crippen LogP contribution in [0.25, 0.3) is 0 Å². The Morgan fingerprint density at radius 3 is 2.00 bits per heavy atom. The number of hydrogen-bond acceptors (Lipinski definition) is 4. The molecule has 0 N–H and O–H groups in total. The van der Waals surface area contributed by atoms with Crippen LogP contribution in [0, 0.1) is 47.3 Å². The highest BCUT2D eigenvalue weighted by atomic mass is 32.2. The Morgan fingerprint density at radius 2 is 1.11 bits per heavy atom. The van der Waals surface area contributed by atoms with Crippen LogP contribution in [0.3, 0.4) is 0 Å². The molecule has 7 saturated carbocycles. The Hall–Kier alpha value is 0.230. The van der Waals surface area contributed by atoms with Gasteiger partial charge in [-0.05, 0) is 138 Å². The lowest BCUT2D eigenvalue weighted by Gasteiger charge is -2.52. The average Bonchev–Trinajstić information content (AvgIpc) is 3.80. The van der Waals surface area contributed by atoms with Crippen molar-refractivity contribution >= 4 is 11.8 Å². The van der Waals surface area contributed by atoms with Gasteiger partial charge in [-0.2, -0.15) is 11.8 Å². The van der Waals surface area contributed by atoms with Gasteiger partial charge in [0, 0.05) is 34.5 Å². The maximum atomic E-state index is 7.72. The van der Waals surface area contributed by atoms with E-state index >= 15 is 0 Å². The fourth-order valence-electron chi connectivity index (χ4n) is 15.2. The molecule has 3 heterocycles. The van der Waals surface area contributed by atoms with E-state index in [1.165, 1.54) is 148 Å². The van der Waals surface area contributed by atoms with Crippen molar-refractivity contribution in [3.05, 3.63) is 0 Å². The lowest BCUT2D eigenvalue weighted by Crippen LogP contribution is -2.59. The second-order valence-corrected chi connectivity index (χ2v) is 20.4. The quantitative estimate of drug-likeness (QED) is 0.302. The predicted molar refractivity (Wildman–Crippen MR) is 189 cm³/mol. The SMILES string of the molecule is C1CCC(C2CCC(N(C3CCC4OC5CCCCC5C4C3)C3CCCC4C5CCC6SC7CCCCC7C6C5OC43)CC2)CC1. The molecule has 0 bridgehead atoms. The van der Waals surface area contributed by atoms with E-state index in [-0.39, 0.29) is 0 Å². The molecule has 10 rings (SSSR count). The van der Waals surface area contributed by atoms with Gasteiger partial charge in [0.05, 0.1) is 24.4 Å². The van der Waals surface area contributed by atoms with Crippen LogP contribution in [0.2, 0.25) is 0 Å². The molecule has 0 spiro atoms.